The molecule has 2 aromatic carbocycles. The quantitative estimate of drug-likeness (QED) is 0.345. The minimum absolute atomic E-state index is 0.531. The van der Waals surface area contributed by atoms with Gasteiger partial charge in [0, 0.05) is 0 Å². The highest BCUT2D eigenvalue weighted by Gasteiger charge is 2.12. The molecule has 0 amide bonds. The molecule has 0 atom stereocenters. The van der Waals surface area contributed by atoms with E-state index in [1.807, 2.05) is 0 Å². The largest absolute Gasteiger partial charge is 0.0880 e. The molecule has 0 radical (unpaired) electrons. The Morgan fingerprint density at radius 1 is 0.684 bits per heavy atom. The van der Waals surface area contributed by atoms with Crippen LogP contribution in [0.2, 0.25) is 0 Å². The summed E-state index contributed by atoms with van der Waals surface area (Å²) in [6, 6.07) is 11.4. The van der Waals surface area contributed by atoms with Gasteiger partial charge in [0.1, 0.15) is 0 Å². The summed E-state index contributed by atoms with van der Waals surface area (Å²) in [6.45, 7) is 8.77. The van der Waals surface area contributed by atoms with Crippen LogP contribution in [0.15, 0.2) is 30.3 Å². The Labute approximate surface area is 143 Å². The lowest BCUT2D eigenvalue weighted by Gasteiger charge is -2.14. The van der Waals surface area contributed by atoms with Crippen LogP contribution in [-0.4, -0.2) is 0 Å². The SMILES string of the molecule is Cc1cc(C)cc(-c2cc(C)c(C(I)I)c(C)c2)c1. The zero-order chi connectivity index (χ0) is 14.2. The van der Waals surface area contributed by atoms with E-state index in [2.05, 4.69) is 103 Å². The molecule has 0 nitrogen and oxygen atoms in total. The zero-order valence-electron chi connectivity index (χ0n) is 11.7. The Morgan fingerprint density at radius 3 is 1.53 bits per heavy atom. The van der Waals surface area contributed by atoms with Gasteiger partial charge in [0.2, 0.25) is 0 Å². The molecule has 0 N–H and O–H groups in total. The maximum absolute atomic E-state index is 2.48. The molecule has 2 aromatic rings. The van der Waals surface area contributed by atoms with E-state index in [0.717, 1.165) is 0 Å². The first kappa shape index (κ1) is 15.3. The second-order valence-electron chi connectivity index (χ2n) is 5.20. The van der Waals surface area contributed by atoms with E-state index < -0.39 is 0 Å². The van der Waals surface area contributed by atoms with Gasteiger partial charge in [0.25, 0.3) is 0 Å². The lowest BCUT2D eigenvalue weighted by Crippen LogP contribution is -1.94. The third kappa shape index (κ3) is 3.51. The van der Waals surface area contributed by atoms with Crippen molar-refractivity contribution < 1.29 is 0 Å². The molecule has 0 aromatic heterocycles. The summed E-state index contributed by atoms with van der Waals surface area (Å²) in [7, 11) is 0. The first-order chi connectivity index (χ1) is 8.88. The summed E-state index contributed by atoms with van der Waals surface area (Å²) >= 11 is 4.97. The van der Waals surface area contributed by atoms with Crippen molar-refractivity contribution in [1.82, 2.24) is 0 Å². The highest BCUT2D eigenvalue weighted by atomic mass is 127. The van der Waals surface area contributed by atoms with Crippen LogP contribution >= 0.6 is 45.2 Å². The third-order valence-corrected chi connectivity index (χ3v) is 4.61. The minimum Gasteiger partial charge on any atom is -0.0657 e. The molecule has 100 valence electrons. The van der Waals surface area contributed by atoms with Gasteiger partial charge in [-0.3, -0.25) is 0 Å². The van der Waals surface area contributed by atoms with Crippen molar-refractivity contribution in [2.75, 3.05) is 0 Å². The molecule has 0 aliphatic rings. The Balaban J connectivity index is 2.58. The fourth-order valence-electron chi connectivity index (χ4n) is 2.63. The Morgan fingerprint density at radius 2 is 1.11 bits per heavy atom. The lowest BCUT2D eigenvalue weighted by molar-refractivity contribution is 1.26. The molecular formula is C17H18I2. The van der Waals surface area contributed by atoms with Crippen LogP contribution < -0.4 is 0 Å². The predicted molar refractivity (Wildman–Crippen MR) is 102 cm³/mol. The molecule has 0 aliphatic carbocycles. The van der Waals surface area contributed by atoms with Crippen molar-refractivity contribution in [3.05, 3.63) is 58.1 Å². The molecule has 0 saturated carbocycles. The van der Waals surface area contributed by atoms with Gasteiger partial charge >= 0.3 is 0 Å². The van der Waals surface area contributed by atoms with Crippen LogP contribution in [0.4, 0.5) is 0 Å². The summed E-state index contributed by atoms with van der Waals surface area (Å²) < 4.78 is 0.531. The second-order valence-corrected chi connectivity index (χ2v) is 10.1. The fraction of sp³-hybridized carbons (Fsp3) is 0.294. The Hall–Kier alpha value is -0.100. The number of hydrogen-bond acceptors (Lipinski definition) is 0. The first-order valence-corrected chi connectivity index (χ1v) is 8.85. The van der Waals surface area contributed by atoms with Crippen LogP contribution in [0.1, 0.15) is 29.7 Å². The van der Waals surface area contributed by atoms with E-state index in [9.17, 15) is 0 Å². The molecule has 0 aliphatic heterocycles. The van der Waals surface area contributed by atoms with Gasteiger partial charge in [0.05, 0.1) is 1.93 Å². The summed E-state index contributed by atoms with van der Waals surface area (Å²) in [4.78, 5) is 0. The molecule has 0 bridgehead atoms. The van der Waals surface area contributed by atoms with Gasteiger partial charge in [-0.2, -0.15) is 0 Å². The van der Waals surface area contributed by atoms with Crippen LogP contribution in [0, 0.1) is 27.7 Å². The van der Waals surface area contributed by atoms with Crippen molar-refractivity contribution >= 4 is 45.2 Å². The monoisotopic (exact) mass is 476 g/mol. The second kappa shape index (κ2) is 6.12. The fourth-order valence-corrected chi connectivity index (χ4v) is 4.59. The van der Waals surface area contributed by atoms with E-state index in [1.54, 1.807) is 0 Å². The van der Waals surface area contributed by atoms with Gasteiger partial charge in [-0.15, -0.1) is 0 Å². The van der Waals surface area contributed by atoms with E-state index in [4.69, 9.17) is 0 Å². The van der Waals surface area contributed by atoms with Crippen LogP contribution in [-0.2, 0) is 0 Å². The van der Waals surface area contributed by atoms with E-state index in [0.29, 0.717) is 1.93 Å². The smallest absolute Gasteiger partial charge is 0.0657 e. The Kier molecular flexibility index (Phi) is 4.93. The van der Waals surface area contributed by atoms with Crippen molar-refractivity contribution in [2.45, 2.75) is 29.6 Å². The van der Waals surface area contributed by atoms with E-state index in [1.165, 1.54) is 38.9 Å². The van der Waals surface area contributed by atoms with Crippen molar-refractivity contribution in [2.24, 2.45) is 0 Å². The van der Waals surface area contributed by atoms with Gasteiger partial charge in [-0.05, 0) is 55.5 Å². The highest BCUT2D eigenvalue weighted by molar-refractivity contribution is 14.2. The molecule has 0 fully saturated rings. The molecule has 0 heterocycles. The predicted octanol–water partition coefficient (Wildman–Crippen LogP) is 6.46. The van der Waals surface area contributed by atoms with Gasteiger partial charge < -0.3 is 0 Å². The standard InChI is InChI=1S/C17H18I2/c1-10-5-11(2)7-14(6-10)15-8-12(3)16(17(18)19)13(4)9-15/h5-9,17H,1-4H3. The molecular weight excluding hydrogens is 458 g/mol. The number of halogens is 2. The molecule has 0 unspecified atom stereocenters. The summed E-state index contributed by atoms with van der Waals surface area (Å²) in [5.41, 5.74) is 9.57. The molecule has 0 saturated heterocycles. The topological polar surface area (TPSA) is 0 Å². The van der Waals surface area contributed by atoms with Gasteiger partial charge in [0.15, 0.2) is 0 Å². The highest BCUT2D eigenvalue weighted by Crippen LogP contribution is 2.37. The summed E-state index contributed by atoms with van der Waals surface area (Å²) in [5.74, 6) is 0. The van der Waals surface area contributed by atoms with Crippen molar-refractivity contribution in [3.63, 3.8) is 0 Å². The number of hydrogen-bond donors (Lipinski definition) is 0. The van der Waals surface area contributed by atoms with Crippen molar-refractivity contribution in [1.29, 1.82) is 0 Å². The Bertz CT molecular complexity index is 569. The third-order valence-electron chi connectivity index (χ3n) is 3.37. The van der Waals surface area contributed by atoms with Gasteiger partial charge in [-0.1, -0.05) is 86.6 Å². The molecule has 0 spiro atoms. The van der Waals surface area contributed by atoms with E-state index >= 15 is 0 Å². The average Bonchev–Trinajstić information content (AvgIpc) is 2.25. The summed E-state index contributed by atoms with van der Waals surface area (Å²) in [5, 5.41) is 0. The van der Waals surface area contributed by atoms with E-state index in [-0.39, 0.29) is 0 Å². The number of aryl methyl sites for hydroxylation is 4. The molecule has 19 heavy (non-hydrogen) atoms. The van der Waals surface area contributed by atoms with Crippen LogP contribution in [0.25, 0.3) is 11.1 Å². The number of benzene rings is 2. The lowest BCUT2D eigenvalue weighted by atomic mass is 9.95. The van der Waals surface area contributed by atoms with Gasteiger partial charge in [-0.25, -0.2) is 0 Å². The number of alkyl halides is 2. The average molecular weight is 476 g/mol. The molecule has 2 rings (SSSR count). The van der Waals surface area contributed by atoms with Crippen molar-refractivity contribution in [3.8, 4) is 11.1 Å². The number of rotatable bonds is 2. The first-order valence-electron chi connectivity index (χ1n) is 6.36. The zero-order valence-corrected chi connectivity index (χ0v) is 16.0. The maximum atomic E-state index is 2.48. The maximum Gasteiger partial charge on any atom is 0.0880 e. The normalized spacial score (nSPS) is 11.1. The minimum atomic E-state index is 0.531. The van der Waals surface area contributed by atoms with Crippen LogP contribution in [0.3, 0.4) is 0 Å². The van der Waals surface area contributed by atoms with Crippen LogP contribution in [0.5, 0.6) is 0 Å². The molecule has 2 heteroatoms. The summed E-state index contributed by atoms with van der Waals surface area (Å²) in [6.07, 6.45) is 0.